The van der Waals surface area contributed by atoms with Gasteiger partial charge >= 0.3 is 5.69 Å². The first-order chi connectivity index (χ1) is 8.72. The molecular formula is C11H13N5O2. The lowest BCUT2D eigenvalue weighted by molar-refractivity contribution is 0.293. The molecule has 1 aliphatic heterocycles. The number of rotatable bonds is 2. The maximum Gasteiger partial charge on any atom is 0.340 e. The van der Waals surface area contributed by atoms with Gasteiger partial charge in [0.1, 0.15) is 18.1 Å². The molecule has 0 saturated heterocycles. The lowest BCUT2D eigenvalue weighted by atomic mass is 10.2. The van der Waals surface area contributed by atoms with Crippen LogP contribution in [-0.2, 0) is 6.54 Å². The topological polar surface area (TPSA) is 86.9 Å². The molecule has 0 amide bonds. The zero-order chi connectivity index (χ0) is 12.5. The Morgan fingerprint density at radius 2 is 2.39 bits per heavy atom. The van der Waals surface area contributed by atoms with Gasteiger partial charge in [-0.05, 0) is 19.1 Å². The number of anilines is 1. The summed E-state index contributed by atoms with van der Waals surface area (Å²) in [5, 5.41) is 6.26. The Kier molecular flexibility index (Phi) is 2.51. The fraction of sp³-hybridized carbons (Fsp3) is 0.364. The third-order valence-electron chi connectivity index (χ3n) is 2.81. The standard InChI is InChI=1S/C11H13N5O2/c1-7-2-3-8-10(12-7)18-5-4-16(8)6-9-13-11(17)15-14-9/h2-3H,4-6H2,1H3,(H2,13,14,15,17). The summed E-state index contributed by atoms with van der Waals surface area (Å²) in [5.74, 6) is 1.24. The number of aryl methyl sites for hydroxylation is 1. The number of aromatic amines is 2. The van der Waals surface area contributed by atoms with Gasteiger partial charge in [-0.25, -0.2) is 14.9 Å². The second-order valence-corrected chi connectivity index (χ2v) is 4.17. The van der Waals surface area contributed by atoms with E-state index in [-0.39, 0.29) is 5.69 Å². The van der Waals surface area contributed by atoms with Gasteiger partial charge in [0, 0.05) is 5.69 Å². The molecule has 0 atom stereocenters. The van der Waals surface area contributed by atoms with Gasteiger partial charge in [0.25, 0.3) is 0 Å². The Labute approximate surface area is 103 Å². The van der Waals surface area contributed by atoms with Crippen molar-refractivity contribution in [2.24, 2.45) is 0 Å². The van der Waals surface area contributed by atoms with Gasteiger partial charge in [-0.3, -0.25) is 4.98 Å². The minimum Gasteiger partial charge on any atom is -0.474 e. The fourth-order valence-corrected chi connectivity index (χ4v) is 1.97. The van der Waals surface area contributed by atoms with Crippen LogP contribution in [0.5, 0.6) is 5.88 Å². The van der Waals surface area contributed by atoms with Crippen LogP contribution >= 0.6 is 0 Å². The first-order valence-corrected chi connectivity index (χ1v) is 5.71. The Bertz CT molecular complexity index is 618. The summed E-state index contributed by atoms with van der Waals surface area (Å²) in [6, 6.07) is 3.91. The van der Waals surface area contributed by atoms with Crippen LogP contribution < -0.4 is 15.3 Å². The number of ether oxygens (including phenoxy) is 1. The molecular weight excluding hydrogens is 234 g/mol. The van der Waals surface area contributed by atoms with Crippen molar-refractivity contribution in [3.05, 3.63) is 34.1 Å². The zero-order valence-electron chi connectivity index (χ0n) is 9.93. The number of nitrogens with zero attached hydrogens (tertiary/aromatic N) is 3. The minimum atomic E-state index is -0.291. The molecule has 0 aromatic carbocycles. The number of aromatic nitrogens is 4. The number of H-pyrrole nitrogens is 2. The molecule has 0 radical (unpaired) electrons. The molecule has 2 aromatic rings. The predicted molar refractivity (Wildman–Crippen MR) is 64.7 cm³/mol. The lowest BCUT2D eigenvalue weighted by Gasteiger charge is -2.29. The molecule has 3 heterocycles. The van der Waals surface area contributed by atoms with Crippen LogP contribution in [-0.4, -0.2) is 33.3 Å². The van der Waals surface area contributed by atoms with Gasteiger partial charge in [-0.2, -0.15) is 5.10 Å². The van der Waals surface area contributed by atoms with E-state index in [0.717, 1.165) is 17.9 Å². The number of pyridine rings is 1. The Morgan fingerprint density at radius 1 is 1.50 bits per heavy atom. The molecule has 0 saturated carbocycles. The highest BCUT2D eigenvalue weighted by Crippen LogP contribution is 2.30. The van der Waals surface area contributed by atoms with Gasteiger partial charge in [-0.1, -0.05) is 0 Å². The molecule has 0 aliphatic carbocycles. The maximum atomic E-state index is 11.0. The van der Waals surface area contributed by atoms with Gasteiger partial charge in [0.15, 0.2) is 0 Å². The van der Waals surface area contributed by atoms with Gasteiger partial charge in [-0.15, -0.1) is 0 Å². The maximum absolute atomic E-state index is 11.0. The molecule has 94 valence electrons. The van der Waals surface area contributed by atoms with Crippen LogP contribution in [0.4, 0.5) is 5.69 Å². The lowest BCUT2D eigenvalue weighted by Crippen LogP contribution is -2.33. The van der Waals surface area contributed by atoms with Crippen LogP contribution in [0.3, 0.4) is 0 Å². The normalized spacial score (nSPS) is 14.2. The number of hydrogen-bond acceptors (Lipinski definition) is 5. The first-order valence-electron chi connectivity index (χ1n) is 5.71. The minimum absolute atomic E-state index is 0.291. The highest BCUT2D eigenvalue weighted by atomic mass is 16.5. The highest BCUT2D eigenvalue weighted by molar-refractivity contribution is 5.56. The smallest absolute Gasteiger partial charge is 0.340 e. The molecule has 7 nitrogen and oxygen atoms in total. The molecule has 7 heteroatoms. The highest BCUT2D eigenvalue weighted by Gasteiger charge is 2.20. The van der Waals surface area contributed by atoms with Crippen LogP contribution in [0.2, 0.25) is 0 Å². The summed E-state index contributed by atoms with van der Waals surface area (Å²) in [4.78, 5) is 20.1. The second-order valence-electron chi connectivity index (χ2n) is 4.17. The van der Waals surface area contributed by atoms with E-state index < -0.39 is 0 Å². The van der Waals surface area contributed by atoms with Crippen molar-refractivity contribution in [1.82, 2.24) is 20.2 Å². The largest absolute Gasteiger partial charge is 0.474 e. The van der Waals surface area contributed by atoms with Crippen LogP contribution in [0.15, 0.2) is 16.9 Å². The van der Waals surface area contributed by atoms with E-state index >= 15 is 0 Å². The fourth-order valence-electron chi connectivity index (χ4n) is 1.97. The van der Waals surface area contributed by atoms with E-state index in [1.807, 2.05) is 19.1 Å². The van der Waals surface area contributed by atoms with Crippen molar-refractivity contribution in [2.75, 3.05) is 18.1 Å². The Hall–Kier alpha value is -2.31. The van der Waals surface area contributed by atoms with E-state index in [2.05, 4.69) is 25.1 Å². The second kappa shape index (κ2) is 4.17. The summed E-state index contributed by atoms with van der Waals surface area (Å²) in [6.45, 7) is 3.78. The summed E-state index contributed by atoms with van der Waals surface area (Å²) in [6.07, 6.45) is 0. The molecule has 1 aliphatic rings. The average molecular weight is 247 g/mol. The predicted octanol–water partition coefficient (Wildman–Crippen LogP) is 0.200. The summed E-state index contributed by atoms with van der Waals surface area (Å²) in [5.41, 5.74) is 1.56. The van der Waals surface area contributed by atoms with Gasteiger partial charge in [0.05, 0.1) is 13.1 Å². The molecule has 2 N–H and O–H groups in total. The average Bonchev–Trinajstić information content (AvgIpc) is 2.75. The van der Waals surface area contributed by atoms with E-state index in [0.29, 0.717) is 24.9 Å². The van der Waals surface area contributed by atoms with E-state index in [9.17, 15) is 4.79 Å². The van der Waals surface area contributed by atoms with Crippen LogP contribution in [0, 0.1) is 6.92 Å². The van der Waals surface area contributed by atoms with Crippen molar-refractivity contribution in [1.29, 1.82) is 0 Å². The Balaban J connectivity index is 1.89. The van der Waals surface area contributed by atoms with E-state index in [4.69, 9.17) is 4.74 Å². The first kappa shape index (κ1) is 10.8. The van der Waals surface area contributed by atoms with Crippen LogP contribution in [0.25, 0.3) is 0 Å². The number of fused-ring (bicyclic) bond motifs is 1. The summed E-state index contributed by atoms with van der Waals surface area (Å²) in [7, 11) is 0. The van der Waals surface area contributed by atoms with Gasteiger partial charge < -0.3 is 9.64 Å². The zero-order valence-corrected chi connectivity index (χ0v) is 9.93. The van der Waals surface area contributed by atoms with Crippen molar-refractivity contribution in [2.45, 2.75) is 13.5 Å². The molecule has 0 fully saturated rings. The van der Waals surface area contributed by atoms with Crippen molar-refractivity contribution in [3.8, 4) is 5.88 Å². The molecule has 3 rings (SSSR count). The molecule has 0 spiro atoms. The van der Waals surface area contributed by atoms with Crippen molar-refractivity contribution < 1.29 is 4.74 Å². The third-order valence-corrected chi connectivity index (χ3v) is 2.81. The molecule has 0 bridgehead atoms. The monoisotopic (exact) mass is 247 g/mol. The number of hydrogen-bond donors (Lipinski definition) is 2. The Morgan fingerprint density at radius 3 is 3.17 bits per heavy atom. The van der Waals surface area contributed by atoms with Gasteiger partial charge in [0.2, 0.25) is 5.88 Å². The quantitative estimate of drug-likeness (QED) is 0.791. The SMILES string of the molecule is Cc1ccc2c(n1)OCCN2Cc1n[nH]c(=O)[nH]1. The number of nitrogens with one attached hydrogen (secondary N) is 2. The van der Waals surface area contributed by atoms with E-state index in [1.165, 1.54) is 0 Å². The van der Waals surface area contributed by atoms with Crippen molar-refractivity contribution in [3.63, 3.8) is 0 Å². The third kappa shape index (κ3) is 1.94. The molecule has 18 heavy (non-hydrogen) atoms. The molecule has 2 aromatic heterocycles. The summed E-state index contributed by atoms with van der Waals surface area (Å²) >= 11 is 0. The van der Waals surface area contributed by atoms with E-state index in [1.54, 1.807) is 0 Å². The van der Waals surface area contributed by atoms with Crippen molar-refractivity contribution >= 4 is 5.69 Å². The molecule has 0 unspecified atom stereocenters. The summed E-state index contributed by atoms with van der Waals surface area (Å²) < 4.78 is 5.52. The van der Waals surface area contributed by atoms with Crippen LogP contribution in [0.1, 0.15) is 11.5 Å².